The van der Waals surface area contributed by atoms with Crippen molar-refractivity contribution in [3.8, 4) is 0 Å². The molecule has 0 radical (unpaired) electrons. The van der Waals surface area contributed by atoms with Crippen LogP contribution >= 0.6 is 0 Å². The van der Waals surface area contributed by atoms with E-state index in [9.17, 15) is 18.8 Å². The fraction of sp³-hybridized carbons (Fsp3) is 0.273. The minimum absolute atomic E-state index is 0.120. The lowest BCUT2D eigenvalue weighted by Crippen LogP contribution is -2.30. The first-order chi connectivity index (χ1) is 14.3. The number of carbonyl (C=O) groups excluding carboxylic acids is 2. The number of hydrogen-bond donors (Lipinski definition) is 1. The molecule has 3 aromatic rings. The van der Waals surface area contributed by atoms with Crippen LogP contribution in [0, 0.1) is 12.7 Å². The van der Waals surface area contributed by atoms with E-state index >= 15 is 0 Å². The molecule has 0 unspecified atom stereocenters. The molecule has 30 heavy (non-hydrogen) atoms. The highest BCUT2D eigenvalue weighted by molar-refractivity contribution is 5.98. The topological polar surface area (TPSA) is 90.3 Å². The summed E-state index contributed by atoms with van der Waals surface area (Å²) in [5.41, 5.74) is 1.23. The van der Waals surface area contributed by atoms with Gasteiger partial charge in [-0.3, -0.25) is 14.2 Å². The van der Waals surface area contributed by atoms with Gasteiger partial charge in [-0.2, -0.15) is 0 Å². The number of amides is 1. The first kappa shape index (κ1) is 19.8. The Morgan fingerprint density at radius 3 is 2.80 bits per heavy atom. The number of aryl methyl sites for hydroxylation is 2. The molecule has 7 nitrogen and oxygen atoms in total. The maximum Gasteiger partial charge on any atom is 0.338 e. The maximum atomic E-state index is 13.6. The van der Waals surface area contributed by atoms with Gasteiger partial charge in [-0.15, -0.1) is 0 Å². The van der Waals surface area contributed by atoms with Gasteiger partial charge in [-0.1, -0.05) is 6.07 Å². The van der Waals surface area contributed by atoms with Crippen LogP contribution in [0.3, 0.4) is 0 Å². The monoisotopic (exact) mass is 409 g/mol. The van der Waals surface area contributed by atoms with Crippen molar-refractivity contribution in [1.29, 1.82) is 0 Å². The second kappa shape index (κ2) is 7.70. The summed E-state index contributed by atoms with van der Waals surface area (Å²) in [6.45, 7) is 3.70. The Kier molecular flexibility index (Phi) is 5.07. The van der Waals surface area contributed by atoms with Gasteiger partial charge in [-0.25, -0.2) is 14.2 Å². The number of halogens is 1. The van der Waals surface area contributed by atoms with E-state index in [2.05, 4.69) is 10.3 Å². The van der Waals surface area contributed by atoms with Gasteiger partial charge in [0.2, 0.25) is 0 Å². The first-order valence-electron chi connectivity index (χ1n) is 9.65. The van der Waals surface area contributed by atoms with Crippen molar-refractivity contribution >= 4 is 28.5 Å². The third kappa shape index (κ3) is 3.68. The summed E-state index contributed by atoms with van der Waals surface area (Å²) < 4.78 is 20.5. The molecule has 1 amide bonds. The van der Waals surface area contributed by atoms with Crippen molar-refractivity contribution in [1.82, 2.24) is 9.55 Å². The fourth-order valence-corrected chi connectivity index (χ4v) is 3.41. The molecule has 154 valence electrons. The Labute approximate surface area is 171 Å². The highest BCUT2D eigenvalue weighted by Crippen LogP contribution is 2.18. The summed E-state index contributed by atoms with van der Waals surface area (Å²) in [5, 5.41) is 2.95. The van der Waals surface area contributed by atoms with E-state index in [-0.39, 0.29) is 16.8 Å². The number of nitrogens with one attached hydrogen (secondary N) is 1. The number of rotatable bonds is 4. The van der Waals surface area contributed by atoms with Gasteiger partial charge in [0.05, 0.1) is 16.5 Å². The average Bonchev–Trinajstić information content (AvgIpc) is 3.19. The average molecular weight is 409 g/mol. The molecule has 2 heterocycles. The number of hydrogen-bond acceptors (Lipinski definition) is 5. The van der Waals surface area contributed by atoms with Crippen LogP contribution in [0.4, 0.5) is 10.1 Å². The van der Waals surface area contributed by atoms with Crippen molar-refractivity contribution in [3.63, 3.8) is 0 Å². The molecule has 1 aromatic heterocycles. The largest absolute Gasteiger partial charge is 0.449 e. The van der Waals surface area contributed by atoms with Gasteiger partial charge < -0.3 is 10.1 Å². The van der Waals surface area contributed by atoms with Crippen molar-refractivity contribution in [2.24, 2.45) is 0 Å². The van der Waals surface area contributed by atoms with Gasteiger partial charge in [0.1, 0.15) is 11.6 Å². The zero-order chi connectivity index (χ0) is 21.4. The van der Waals surface area contributed by atoms with E-state index in [4.69, 9.17) is 4.74 Å². The predicted molar refractivity (Wildman–Crippen MR) is 109 cm³/mol. The fourth-order valence-electron chi connectivity index (χ4n) is 3.41. The zero-order valence-electron chi connectivity index (χ0n) is 16.6. The summed E-state index contributed by atoms with van der Waals surface area (Å²) in [6, 6.07) is 8.84. The van der Waals surface area contributed by atoms with Gasteiger partial charge in [0, 0.05) is 18.7 Å². The van der Waals surface area contributed by atoms with E-state index in [1.807, 2.05) is 0 Å². The number of esters is 1. The summed E-state index contributed by atoms with van der Waals surface area (Å²) in [7, 11) is 0. The number of fused-ring (bicyclic) bond motifs is 2. The maximum absolute atomic E-state index is 13.6. The van der Waals surface area contributed by atoms with Crippen LogP contribution in [0.1, 0.15) is 35.1 Å². The number of benzene rings is 2. The molecule has 1 atom stereocenters. The minimum atomic E-state index is -1.10. The third-order valence-electron chi connectivity index (χ3n) is 5.14. The van der Waals surface area contributed by atoms with Gasteiger partial charge in [-0.05, 0) is 56.2 Å². The molecular formula is C22H20FN3O4. The standard InChI is InChI=1S/C22H20FN3O4/c1-12-5-7-15(11-17(12)23)24-20(27)13(2)30-22(29)14-6-8-16-18(10-14)25-19-4-3-9-26(19)21(16)28/h5-8,10-11,13H,3-4,9H2,1-2H3,(H,24,27)/t13-/m0/s1. The number of carbonyl (C=O) groups is 2. The van der Waals surface area contributed by atoms with Crippen LogP contribution in [0.5, 0.6) is 0 Å². The summed E-state index contributed by atoms with van der Waals surface area (Å²) in [5.74, 6) is -1.03. The number of nitrogens with zero attached hydrogens (tertiary/aromatic N) is 2. The zero-order valence-corrected chi connectivity index (χ0v) is 16.6. The molecule has 0 saturated heterocycles. The Morgan fingerprint density at radius 1 is 1.23 bits per heavy atom. The van der Waals surface area contributed by atoms with Crippen molar-refractivity contribution in [2.45, 2.75) is 39.3 Å². The Morgan fingerprint density at radius 2 is 2.03 bits per heavy atom. The van der Waals surface area contributed by atoms with E-state index < -0.39 is 23.8 Å². The van der Waals surface area contributed by atoms with E-state index in [1.54, 1.807) is 29.7 Å². The number of anilines is 1. The van der Waals surface area contributed by atoms with Crippen molar-refractivity contribution in [3.05, 3.63) is 69.5 Å². The van der Waals surface area contributed by atoms with Gasteiger partial charge in [0.25, 0.3) is 11.5 Å². The van der Waals surface area contributed by atoms with Crippen LogP contribution in [0.2, 0.25) is 0 Å². The Bertz CT molecular complexity index is 1240. The Balaban J connectivity index is 1.49. The molecule has 1 aliphatic rings. The number of ether oxygens (including phenoxy) is 1. The van der Waals surface area contributed by atoms with Crippen LogP contribution in [0.15, 0.2) is 41.2 Å². The quantitative estimate of drug-likeness (QED) is 0.669. The lowest BCUT2D eigenvalue weighted by Gasteiger charge is -2.14. The number of aromatic nitrogens is 2. The SMILES string of the molecule is Cc1ccc(NC(=O)[C@H](C)OC(=O)c2ccc3c(=O)n4c(nc3c2)CCC4)cc1F. The predicted octanol–water partition coefficient (Wildman–Crippen LogP) is 2.97. The van der Waals surface area contributed by atoms with Crippen molar-refractivity contribution in [2.75, 3.05) is 5.32 Å². The molecular weight excluding hydrogens is 389 g/mol. The molecule has 0 aliphatic carbocycles. The highest BCUT2D eigenvalue weighted by atomic mass is 19.1. The summed E-state index contributed by atoms with van der Waals surface area (Å²) in [6.07, 6.45) is 0.484. The Hall–Kier alpha value is -3.55. The summed E-state index contributed by atoms with van der Waals surface area (Å²) in [4.78, 5) is 41.8. The van der Waals surface area contributed by atoms with Gasteiger partial charge in [0.15, 0.2) is 6.10 Å². The highest BCUT2D eigenvalue weighted by Gasteiger charge is 2.21. The molecule has 0 bridgehead atoms. The molecule has 1 N–H and O–H groups in total. The van der Waals surface area contributed by atoms with E-state index in [0.29, 0.717) is 28.8 Å². The molecule has 2 aromatic carbocycles. The molecule has 1 aliphatic heterocycles. The second-order valence-electron chi connectivity index (χ2n) is 7.32. The third-order valence-corrected chi connectivity index (χ3v) is 5.14. The smallest absolute Gasteiger partial charge is 0.338 e. The molecule has 4 rings (SSSR count). The van der Waals surface area contributed by atoms with Crippen LogP contribution in [-0.4, -0.2) is 27.5 Å². The lowest BCUT2D eigenvalue weighted by atomic mass is 10.1. The normalized spacial score (nSPS) is 13.7. The van der Waals surface area contributed by atoms with Gasteiger partial charge >= 0.3 is 5.97 Å². The molecule has 0 saturated carbocycles. The van der Waals surface area contributed by atoms with Crippen LogP contribution in [0.25, 0.3) is 10.9 Å². The molecule has 8 heteroatoms. The molecule has 0 fully saturated rings. The first-order valence-corrected chi connectivity index (χ1v) is 9.65. The van der Waals surface area contributed by atoms with E-state index in [0.717, 1.165) is 12.8 Å². The van der Waals surface area contributed by atoms with E-state index in [1.165, 1.54) is 25.1 Å². The van der Waals surface area contributed by atoms with Crippen LogP contribution < -0.4 is 10.9 Å². The second-order valence-corrected chi connectivity index (χ2v) is 7.32. The lowest BCUT2D eigenvalue weighted by molar-refractivity contribution is -0.123. The van der Waals surface area contributed by atoms with Crippen LogP contribution in [-0.2, 0) is 22.5 Å². The summed E-state index contributed by atoms with van der Waals surface area (Å²) >= 11 is 0. The minimum Gasteiger partial charge on any atom is -0.449 e. The van der Waals surface area contributed by atoms with Crippen molar-refractivity contribution < 1.29 is 18.7 Å². The molecule has 0 spiro atoms.